The fourth-order valence-corrected chi connectivity index (χ4v) is 3.65. The van der Waals surface area contributed by atoms with Crippen LogP contribution in [0.15, 0.2) is 12.2 Å². The van der Waals surface area contributed by atoms with Gasteiger partial charge in [0.05, 0.1) is 7.11 Å². The number of ether oxygens (including phenoxy) is 2. The second-order valence-corrected chi connectivity index (χ2v) is 7.64. The number of carboxylic acids is 1. The predicted molar refractivity (Wildman–Crippen MR) is 107 cm³/mol. The van der Waals surface area contributed by atoms with Crippen LogP contribution in [0.25, 0.3) is 0 Å². The zero-order chi connectivity index (χ0) is 20.8. The minimum Gasteiger partial charge on any atom is -0.481 e. The van der Waals surface area contributed by atoms with Gasteiger partial charge in [-0.15, -0.1) is 0 Å². The fraction of sp³-hybridized carbons (Fsp3) is 0.773. The minimum absolute atomic E-state index is 0.0703. The van der Waals surface area contributed by atoms with Gasteiger partial charge in [-0.2, -0.15) is 0 Å². The predicted octanol–water partition coefficient (Wildman–Crippen LogP) is 4.80. The van der Waals surface area contributed by atoms with Crippen LogP contribution in [0.5, 0.6) is 0 Å². The number of aliphatic carboxylic acids is 1. The number of cyclic esters (lactones) is 1. The summed E-state index contributed by atoms with van der Waals surface area (Å²) < 4.78 is 9.75. The van der Waals surface area contributed by atoms with Crippen molar-refractivity contribution in [2.75, 3.05) is 7.11 Å². The van der Waals surface area contributed by atoms with Gasteiger partial charge in [0.1, 0.15) is 12.0 Å². The molecule has 0 saturated carbocycles. The first-order chi connectivity index (χ1) is 13.5. The summed E-state index contributed by atoms with van der Waals surface area (Å²) in [7, 11) is 1.43. The van der Waals surface area contributed by atoms with E-state index in [1.807, 2.05) is 0 Å². The van der Waals surface area contributed by atoms with Crippen LogP contribution in [0.4, 0.5) is 0 Å². The van der Waals surface area contributed by atoms with Gasteiger partial charge in [0.15, 0.2) is 0 Å². The Balaban J connectivity index is 1.89. The highest BCUT2D eigenvalue weighted by atomic mass is 16.6. The SMILES string of the molecule is C=C1C(=O)O[C@@H](CCCCCCCCCCCCCCC(=O)OC)[C@@H]1C(=O)O. The van der Waals surface area contributed by atoms with E-state index >= 15 is 0 Å². The molecule has 0 bridgehead atoms. The lowest BCUT2D eigenvalue weighted by Crippen LogP contribution is -2.24. The Bertz CT molecular complexity index is 513. The van der Waals surface area contributed by atoms with Gasteiger partial charge in [-0.3, -0.25) is 9.59 Å². The largest absolute Gasteiger partial charge is 0.481 e. The smallest absolute Gasteiger partial charge is 0.334 e. The first kappa shape index (κ1) is 24.2. The van der Waals surface area contributed by atoms with Crippen LogP contribution in [-0.2, 0) is 23.9 Å². The van der Waals surface area contributed by atoms with Crippen LogP contribution in [0, 0.1) is 5.92 Å². The van der Waals surface area contributed by atoms with Crippen molar-refractivity contribution in [3.8, 4) is 0 Å². The number of hydrogen-bond donors (Lipinski definition) is 1. The molecule has 0 aromatic rings. The van der Waals surface area contributed by atoms with Crippen LogP contribution in [0.2, 0.25) is 0 Å². The molecule has 0 unspecified atom stereocenters. The number of hydrogen-bond acceptors (Lipinski definition) is 5. The Kier molecular flexibility index (Phi) is 12.3. The third-order valence-corrected chi connectivity index (χ3v) is 5.38. The summed E-state index contributed by atoms with van der Waals surface area (Å²) >= 11 is 0. The molecule has 2 atom stereocenters. The second kappa shape index (κ2) is 14.2. The van der Waals surface area contributed by atoms with Gasteiger partial charge in [-0.25, -0.2) is 4.79 Å². The van der Waals surface area contributed by atoms with Crippen LogP contribution in [0.3, 0.4) is 0 Å². The molecule has 1 fully saturated rings. The van der Waals surface area contributed by atoms with Crippen LogP contribution in [0.1, 0.15) is 89.9 Å². The topological polar surface area (TPSA) is 89.9 Å². The van der Waals surface area contributed by atoms with Crippen molar-refractivity contribution in [3.63, 3.8) is 0 Å². The second-order valence-electron chi connectivity index (χ2n) is 7.64. The van der Waals surface area contributed by atoms with Crippen molar-refractivity contribution in [2.24, 2.45) is 5.92 Å². The Morgan fingerprint density at radius 2 is 1.39 bits per heavy atom. The molecule has 28 heavy (non-hydrogen) atoms. The average Bonchev–Trinajstić information content (AvgIpc) is 2.95. The van der Waals surface area contributed by atoms with E-state index in [0.717, 1.165) is 32.1 Å². The number of carbonyl (C=O) groups excluding carboxylic acids is 2. The molecular weight excluding hydrogens is 360 g/mol. The number of unbranched alkanes of at least 4 members (excludes halogenated alkanes) is 11. The molecule has 0 aromatic carbocycles. The van der Waals surface area contributed by atoms with Crippen molar-refractivity contribution >= 4 is 17.9 Å². The molecule has 1 aliphatic rings. The summed E-state index contributed by atoms with van der Waals surface area (Å²) in [5, 5.41) is 9.20. The maximum Gasteiger partial charge on any atom is 0.334 e. The number of methoxy groups -OCH3 is 1. The van der Waals surface area contributed by atoms with Crippen LogP contribution < -0.4 is 0 Å². The van der Waals surface area contributed by atoms with E-state index in [1.54, 1.807) is 0 Å². The Hall–Kier alpha value is -1.85. The molecule has 1 N–H and O–H groups in total. The van der Waals surface area contributed by atoms with E-state index in [4.69, 9.17) is 4.74 Å². The van der Waals surface area contributed by atoms with E-state index in [-0.39, 0.29) is 11.5 Å². The first-order valence-electron chi connectivity index (χ1n) is 10.7. The molecule has 6 nitrogen and oxygen atoms in total. The summed E-state index contributed by atoms with van der Waals surface area (Å²) in [6.07, 6.45) is 14.3. The maximum absolute atomic E-state index is 11.5. The van der Waals surface area contributed by atoms with Crippen molar-refractivity contribution in [2.45, 2.75) is 96.0 Å². The number of carbonyl (C=O) groups is 3. The lowest BCUT2D eigenvalue weighted by atomic mass is 9.93. The molecule has 1 aliphatic heterocycles. The third-order valence-electron chi connectivity index (χ3n) is 5.38. The Labute approximate surface area is 168 Å². The van der Waals surface area contributed by atoms with Gasteiger partial charge < -0.3 is 14.6 Å². The minimum atomic E-state index is -1.02. The summed E-state index contributed by atoms with van der Waals surface area (Å²) in [5.41, 5.74) is 0.0703. The van der Waals surface area contributed by atoms with E-state index in [1.165, 1.54) is 52.1 Å². The Morgan fingerprint density at radius 3 is 1.86 bits per heavy atom. The van der Waals surface area contributed by atoms with Gasteiger partial charge in [0.25, 0.3) is 0 Å². The molecule has 0 aliphatic carbocycles. The number of esters is 2. The molecule has 0 radical (unpaired) electrons. The monoisotopic (exact) mass is 396 g/mol. The molecule has 6 heteroatoms. The van der Waals surface area contributed by atoms with E-state index < -0.39 is 24.0 Å². The van der Waals surface area contributed by atoms with Crippen molar-refractivity contribution in [1.29, 1.82) is 0 Å². The molecule has 160 valence electrons. The summed E-state index contributed by atoms with van der Waals surface area (Å²) in [6, 6.07) is 0. The van der Waals surface area contributed by atoms with E-state index in [0.29, 0.717) is 12.8 Å². The van der Waals surface area contributed by atoms with Gasteiger partial charge in [-0.05, 0) is 19.3 Å². The normalized spacial score (nSPS) is 18.9. The maximum atomic E-state index is 11.5. The molecule has 0 aromatic heterocycles. The highest BCUT2D eigenvalue weighted by Gasteiger charge is 2.42. The fourth-order valence-electron chi connectivity index (χ4n) is 3.65. The molecule has 1 heterocycles. The summed E-state index contributed by atoms with van der Waals surface area (Å²) in [5.74, 6) is -2.59. The van der Waals surface area contributed by atoms with Crippen LogP contribution >= 0.6 is 0 Å². The van der Waals surface area contributed by atoms with Gasteiger partial charge in [0, 0.05) is 12.0 Å². The van der Waals surface area contributed by atoms with E-state index in [9.17, 15) is 19.5 Å². The first-order valence-corrected chi connectivity index (χ1v) is 10.7. The van der Waals surface area contributed by atoms with Gasteiger partial charge in [-0.1, -0.05) is 70.8 Å². The lowest BCUT2D eigenvalue weighted by molar-refractivity contribution is -0.145. The average molecular weight is 397 g/mol. The van der Waals surface area contributed by atoms with Crippen molar-refractivity contribution < 1.29 is 29.0 Å². The van der Waals surface area contributed by atoms with Crippen molar-refractivity contribution in [3.05, 3.63) is 12.2 Å². The highest BCUT2D eigenvalue weighted by Crippen LogP contribution is 2.30. The number of carboxylic acid groups (broad SMARTS) is 1. The molecule has 1 rings (SSSR count). The number of rotatable bonds is 16. The zero-order valence-electron chi connectivity index (χ0n) is 17.2. The molecule has 1 saturated heterocycles. The van der Waals surface area contributed by atoms with E-state index in [2.05, 4.69) is 11.3 Å². The zero-order valence-corrected chi connectivity index (χ0v) is 17.2. The summed E-state index contributed by atoms with van der Waals surface area (Å²) in [6.45, 7) is 3.54. The highest BCUT2D eigenvalue weighted by molar-refractivity contribution is 5.97. The summed E-state index contributed by atoms with van der Waals surface area (Å²) in [4.78, 5) is 33.7. The molecular formula is C22H36O6. The standard InChI is InChI=1S/C22H36O6/c1-17-20(21(24)25)18(28-22(17)26)15-13-11-9-7-5-3-4-6-8-10-12-14-16-19(23)27-2/h18,20H,1,3-16H2,2H3,(H,24,25)/t18-,20+/m0/s1. The lowest BCUT2D eigenvalue weighted by Gasteiger charge is -2.13. The van der Waals surface area contributed by atoms with Crippen molar-refractivity contribution in [1.82, 2.24) is 0 Å². The van der Waals surface area contributed by atoms with Gasteiger partial charge in [0.2, 0.25) is 0 Å². The third kappa shape index (κ3) is 9.38. The van der Waals surface area contributed by atoms with Crippen LogP contribution in [-0.4, -0.2) is 36.2 Å². The Morgan fingerprint density at radius 1 is 0.929 bits per heavy atom. The quantitative estimate of drug-likeness (QED) is 0.229. The van der Waals surface area contributed by atoms with Gasteiger partial charge >= 0.3 is 17.9 Å². The molecule has 0 amide bonds. The molecule has 0 spiro atoms.